The molecule has 1 amide bonds. The Kier molecular flexibility index (Phi) is 4.57. The van der Waals surface area contributed by atoms with Crippen LogP contribution in [0.2, 0.25) is 0 Å². The predicted octanol–water partition coefficient (Wildman–Crippen LogP) is 1.35. The summed E-state index contributed by atoms with van der Waals surface area (Å²) in [5, 5.41) is 14.7. The quantitative estimate of drug-likeness (QED) is 0.812. The smallest absolute Gasteiger partial charge is 0.290 e. The number of rotatable bonds is 2. The van der Waals surface area contributed by atoms with E-state index in [1.54, 1.807) is 0 Å². The molecule has 0 radical (unpaired) electrons. The van der Waals surface area contributed by atoms with Crippen LogP contribution in [-0.2, 0) is 4.79 Å². The first-order chi connectivity index (χ1) is 11.2. The number of aromatic nitrogens is 1. The highest BCUT2D eigenvalue weighted by Gasteiger charge is 2.35. The highest BCUT2D eigenvalue weighted by atomic mass is 16.5. The Morgan fingerprint density at radius 1 is 1.35 bits per heavy atom. The third-order valence-corrected chi connectivity index (χ3v) is 4.57. The summed E-state index contributed by atoms with van der Waals surface area (Å²) in [5.41, 5.74) is 1.06. The van der Waals surface area contributed by atoms with E-state index in [-0.39, 0.29) is 18.4 Å². The Hall–Kier alpha value is -2.41. The van der Waals surface area contributed by atoms with Crippen molar-refractivity contribution in [3.05, 3.63) is 30.0 Å². The summed E-state index contributed by atoms with van der Waals surface area (Å²) < 4.78 is 5.20. The minimum atomic E-state index is -0.250. The molecule has 2 aromatic rings. The average molecular weight is 317 g/mol. The maximum absolute atomic E-state index is 12.4. The summed E-state index contributed by atoms with van der Waals surface area (Å²) in [5.74, 6) is 0.496. The van der Waals surface area contributed by atoms with Gasteiger partial charge < -0.3 is 19.8 Å². The molecule has 1 aromatic heterocycles. The molecule has 5 rings (SSSR count). The zero-order chi connectivity index (χ0) is 16.2. The molecule has 4 heterocycles. The summed E-state index contributed by atoms with van der Waals surface area (Å²) in [7, 11) is 0. The second-order valence-electron chi connectivity index (χ2n) is 5.85. The van der Waals surface area contributed by atoms with Crippen molar-refractivity contribution in [2.75, 3.05) is 19.6 Å². The van der Waals surface area contributed by atoms with Gasteiger partial charge >= 0.3 is 0 Å². The second-order valence-corrected chi connectivity index (χ2v) is 5.85. The van der Waals surface area contributed by atoms with E-state index in [1.165, 1.54) is 25.9 Å². The molecule has 1 atom stereocenters. The van der Waals surface area contributed by atoms with Gasteiger partial charge in [0.2, 0.25) is 0 Å². The monoisotopic (exact) mass is 317 g/mol. The van der Waals surface area contributed by atoms with Crippen LogP contribution in [0, 0.1) is 5.92 Å². The van der Waals surface area contributed by atoms with E-state index in [4.69, 9.17) is 14.4 Å². The summed E-state index contributed by atoms with van der Waals surface area (Å²) in [6.07, 6.45) is 2.37. The maximum Gasteiger partial charge on any atom is 0.290 e. The lowest BCUT2D eigenvalue weighted by molar-refractivity contribution is -0.122. The first-order valence-corrected chi connectivity index (χ1v) is 7.68. The Labute approximate surface area is 133 Å². The van der Waals surface area contributed by atoms with Gasteiger partial charge in [-0.25, -0.2) is 0 Å². The van der Waals surface area contributed by atoms with Gasteiger partial charge in [-0.3, -0.25) is 9.59 Å². The van der Waals surface area contributed by atoms with E-state index < -0.39 is 0 Å². The molecule has 3 fully saturated rings. The van der Waals surface area contributed by atoms with Crippen molar-refractivity contribution in [2.24, 2.45) is 5.92 Å². The molecular weight excluding hydrogens is 298 g/mol. The van der Waals surface area contributed by atoms with Crippen LogP contribution >= 0.6 is 0 Å². The van der Waals surface area contributed by atoms with Gasteiger partial charge in [0.15, 0.2) is 11.3 Å². The van der Waals surface area contributed by atoms with Crippen LogP contribution in [0.5, 0.6) is 0 Å². The molecule has 1 aromatic carbocycles. The molecule has 122 valence electrons. The van der Waals surface area contributed by atoms with Gasteiger partial charge in [-0.1, -0.05) is 17.3 Å². The minimum Gasteiger partial charge on any atom is -0.483 e. The van der Waals surface area contributed by atoms with Gasteiger partial charge in [-0.05, 0) is 44.0 Å². The third-order valence-electron chi connectivity index (χ3n) is 4.57. The van der Waals surface area contributed by atoms with Crippen molar-refractivity contribution in [1.29, 1.82) is 0 Å². The summed E-state index contributed by atoms with van der Waals surface area (Å²) >= 11 is 0. The first-order valence-electron chi connectivity index (χ1n) is 7.68. The molecular formula is C16H19N3O4. The Morgan fingerprint density at radius 2 is 2.04 bits per heavy atom. The summed E-state index contributed by atoms with van der Waals surface area (Å²) in [4.78, 5) is 23.2. The molecule has 0 unspecified atom stereocenters. The largest absolute Gasteiger partial charge is 0.483 e. The average Bonchev–Trinajstić information content (AvgIpc) is 3.01. The highest BCUT2D eigenvalue weighted by Crippen LogP contribution is 2.28. The van der Waals surface area contributed by atoms with Gasteiger partial charge in [0, 0.05) is 12.6 Å². The van der Waals surface area contributed by atoms with Crippen molar-refractivity contribution >= 4 is 23.3 Å². The predicted molar refractivity (Wildman–Crippen MR) is 83.1 cm³/mol. The van der Waals surface area contributed by atoms with E-state index in [9.17, 15) is 4.79 Å². The summed E-state index contributed by atoms with van der Waals surface area (Å²) in [6, 6.07) is 7.72. The normalized spacial score (nSPS) is 25.5. The zero-order valence-corrected chi connectivity index (χ0v) is 12.6. The minimum absolute atomic E-state index is 0.117. The first kappa shape index (κ1) is 15.5. The lowest BCUT2D eigenvalue weighted by atomic mass is 9.84. The van der Waals surface area contributed by atoms with Crippen LogP contribution in [-0.4, -0.2) is 53.2 Å². The second kappa shape index (κ2) is 6.78. The fraction of sp³-hybridized carbons (Fsp3) is 0.438. The number of benzene rings is 1. The molecule has 2 N–H and O–H groups in total. The molecule has 0 aliphatic carbocycles. The number of nitrogens with one attached hydrogen (secondary N) is 1. The highest BCUT2D eigenvalue weighted by molar-refractivity contribution is 6.04. The van der Waals surface area contributed by atoms with Crippen LogP contribution < -0.4 is 5.32 Å². The number of hydrogen-bond donors (Lipinski definition) is 2. The zero-order valence-electron chi connectivity index (χ0n) is 12.6. The van der Waals surface area contributed by atoms with E-state index in [2.05, 4.69) is 15.4 Å². The number of carbonyl (C=O) groups excluding carboxylic acids is 1. The van der Waals surface area contributed by atoms with Crippen LogP contribution in [0.4, 0.5) is 0 Å². The van der Waals surface area contributed by atoms with E-state index >= 15 is 0 Å². The van der Waals surface area contributed by atoms with Crippen molar-refractivity contribution in [1.82, 2.24) is 15.4 Å². The van der Waals surface area contributed by atoms with Gasteiger partial charge in [0.25, 0.3) is 12.4 Å². The van der Waals surface area contributed by atoms with Gasteiger partial charge in [-0.15, -0.1) is 0 Å². The molecule has 3 saturated heterocycles. The van der Waals surface area contributed by atoms with Crippen LogP contribution in [0.15, 0.2) is 28.8 Å². The number of para-hydroxylation sites is 1. The topological polar surface area (TPSA) is 95.7 Å². The third kappa shape index (κ3) is 3.19. The van der Waals surface area contributed by atoms with E-state index in [1.807, 2.05) is 24.3 Å². The van der Waals surface area contributed by atoms with Crippen LogP contribution in [0.1, 0.15) is 23.3 Å². The molecule has 2 bridgehead atoms. The van der Waals surface area contributed by atoms with Crippen LogP contribution in [0.3, 0.4) is 0 Å². The van der Waals surface area contributed by atoms with Crippen molar-refractivity contribution in [3.63, 3.8) is 0 Å². The molecule has 3 aliphatic heterocycles. The van der Waals surface area contributed by atoms with Crippen molar-refractivity contribution in [3.8, 4) is 0 Å². The number of fused-ring (bicyclic) bond motifs is 4. The maximum atomic E-state index is 12.4. The molecule has 23 heavy (non-hydrogen) atoms. The van der Waals surface area contributed by atoms with E-state index in [0.29, 0.717) is 17.2 Å². The van der Waals surface area contributed by atoms with Gasteiger partial charge in [-0.2, -0.15) is 0 Å². The number of nitrogens with zero attached hydrogens (tertiary/aromatic N) is 2. The lowest BCUT2D eigenvalue weighted by Crippen LogP contribution is -2.57. The van der Waals surface area contributed by atoms with Gasteiger partial charge in [0.05, 0.1) is 5.39 Å². The number of piperidine rings is 3. The fourth-order valence-corrected chi connectivity index (χ4v) is 3.41. The lowest BCUT2D eigenvalue weighted by Gasteiger charge is -2.44. The SMILES string of the molecule is O=C(N[C@@H]1CN2CCC1CC2)c1noc2ccccc12.O=CO. The van der Waals surface area contributed by atoms with Crippen molar-refractivity contribution in [2.45, 2.75) is 18.9 Å². The van der Waals surface area contributed by atoms with Gasteiger partial charge in [0.1, 0.15) is 0 Å². The molecule has 3 aliphatic rings. The number of carbonyl (C=O) groups is 2. The van der Waals surface area contributed by atoms with Crippen LogP contribution in [0.25, 0.3) is 11.0 Å². The molecule has 0 saturated carbocycles. The standard InChI is InChI=1S/C15H17N3O2.CH2O2/c19-15(14-11-3-1-2-4-13(11)20-17-14)16-12-9-18-7-5-10(12)6-8-18;2-1-3/h1-4,10,12H,5-9H2,(H,16,19);1H,(H,2,3)/t12-;/m1./s1. The van der Waals surface area contributed by atoms with Crippen molar-refractivity contribution < 1.29 is 19.2 Å². The summed E-state index contributed by atoms with van der Waals surface area (Å²) in [6.45, 7) is 3.06. The number of hydrogen-bond acceptors (Lipinski definition) is 5. The fourth-order valence-electron chi connectivity index (χ4n) is 3.41. The number of amides is 1. The molecule has 0 spiro atoms. The Bertz CT molecular complexity index is 691. The Balaban J connectivity index is 0.000000485. The molecule has 7 heteroatoms. The Morgan fingerprint density at radius 3 is 2.70 bits per heavy atom. The molecule has 7 nitrogen and oxygen atoms in total. The number of carboxylic acid groups (broad SMARTS) is 1. The van der Waals surface area contributed by atoms with E-state index in [0.717, 1.165) is 11.9 Å².